The van der Waals surface area contributed by atoms with Crippen molar-refractivity contribution >= 4 is 43.6 Å². The van der Waals surface area contributed by atoms with Crippen LogP contribution >= 0.6 is 0 Å². The number of para-hydroxylation sites is 4. The van der Waals surface area contributed by atoms with Gasteiger partial charge in [0.1, 0.15) is 6.07 Å². The third-order valence-electron chi connectivity index (χ3n) is 9.42. The van der Waals surface area contributed by atoms with Crippen LogP contribution in [0.2, 0.25) is 0 Å². The van der Waals surface area contributed by atoms with Gasteiger partial charge in [0.05, 0.1) is 45.0 Å². The minimum absolute atomic E-state index is 0.558. The first-order valence-electron chi connectivity index (χ1n) is 15.9. The van der Waals surface area contributed by atoms with Crippen LogP contribution in [-0.4, -0.2) is 9.13 Å². The molecule has 2 heterocycles. The van der Waals surface area contributed by atoms with Gasteiger partial charge in [-0.05, 0) is 65.2 Å². The molecule has 0 radical (unpaired) electrons. The summed E-state index contributed by atoms with van der Waals surface area (Å²) in [5.41, 5.74) is 11.5. The lowest BCUT2D eigenvalue weighted by molar-refractivity contribution is 1.17. The van der Waals surface area contributed by atoms with Crippen molar-refractivity contribution < 1.29 is 0 Å². The van der Waals surface area contributed by atoms with Crippen LogP contribution in [0.1, 0.15) is 11.1 Å². The lowest BCUT2D eigenvalue weighted by Gasteiger charge is -2.18. The molecule has 0 spiro atoms. The fraction of sp³-hybridized carbons (Fsp3) is 0. The summed E-state index contributed by atoms with van der Waals surface area (Å²) >= 11 is 0. The molecule has 0 N–H and O–H groups in total. The average molecular weight is 611 g/mol. The first kappa shape index (κ1) is 27.4. The van der Waals surface area contributed by atoms with Gasteiger partial charge < -0.3 is 9.13 Å². The Bertz CT molecular complexity index is 2750. The summed E-state index contributed by atoms with van der Waals surface area (Å²) in [4.78, 5) is 0. The van der Waals surface area contributed by atoms with Crippen molar-refractivity contribution in [3.8, 4) is 45.8 Å². The lowest BCUT2D eigenvalue weighted by atomic mass is 9.92. The van der Waals surface area contributed by atoms with Gasteiger partial charge in [-0.25, -0.2) is 0 Å². The van der Waals surface area contributed by atoms with Crippen LogP contribution in [0.4, 0.5) is 0 Å². The molecule has 0 saturated heterocycles. The van der Waals surface area contributed by atoms with Crippen molar-refractivity contribution in [3.05, 3.63) is 169 Å². The van der Waals surface area contributed by atoms with Gasteiger partial charge in [-0.15, -0.1) is 0 Å². The quantitative estimate of drug-likeness (QED) is 0.199. The maximum Gasteiger partial charge on any atom is 0.101 e. The molecule has 0 amide bonds. The molecule has 4 heteroatoms. The number of nitriles is 2. The van der Waals surface area contributed by atoms with Gasteiger partial charge in [0.15, 0.2) is 0 Å². The van der Waals surface area contributed by atoms with E-state index in [2.05, 4.69) is 137 Å². The molecule has 9 rings (SSSR count). The van der Waals surface area contributed by atoms with Gasteiger partial charge in [0.25, 0.3) is 0 Å². The number of fused-ring (bicyclic) bond motifs is 6. The highest BCUT2D eigenvalue weighted by atomic mass is 15.0. The fourth-order valence-corrected chi connectivity index (χ4v) is 7.33. The zero-order valence-corrected chi connectivity index (χ0v) is 25.8. The third-order valence-corrected chi connectivity index (χ3v) is 9.42. The number of hydrogen-bond donors (Lipinski definition) is 0. The van der Waals surface area contributed by atoms with Gasteiger partial charge in [0.2, 0.25) is 0 Å². The number of nitrogens with zero attached hydrogens (tertiary/aromatic N) is 4. The number of rotatable bonds is 4. The van der Waals surface area contributed by atoms with E-state index >= 15 is 0 Å². The van der Waals surface area contributed by atoms with E-state index in [-0.39, 0.29) is 0 Å². The standard InChI is InChI=1S/C44H26N4/c45-27-29-20-25-38(43(26-29)48-42-19-8-5-15-37(42)39-16-9-10-31(28-46)44(39)48)34-12-2-1-11-33(34)30-21-23-32(24-22-30)47-40-17-6-3-13-35(40)36-14-4-7-18-41(36)47/h1-26H. The smallest absolute Gasteiger partial charge is 0.101 e. The number of benzene rings is 7. The highest BCUT2D eigenvalue weighted by Gasteiger charge is 2.20. The summed E-state index contributed by atoms with van der Waals surface area (Å²) in [6, 6.07) is 59.0. The van der Waals surface area contributed by atoms with Crippen molar-refractivity contribution in [2.75, 3.05) is 0 Å². The van der Waals surface area contributed by atoms with E-state index < -0.39 is 0 Å². The molecular weight excluding hydrogens is 585 g/mol. The summed E-state index contributed by atoms with van der Waals surface area (Å²) in [5, 5.41) is 24.7. The highest BCUT2D eigenvalue weighted by Crippen LogP contribution is 2.41. The second kappa shape index (κ2) is 10.9. The largest absolute Gasteiger partial charge is 0.309 e. The Balaban J connectivity index is 1.25. The molecule has 0 saturated carbocycles. The van der Waals surface area contributed by atoms with E-state index in [0.717, 1.165) is 55.4 Å². The first-order chi connectivity index (χ1) is 23.7. The van der Waals surface area contributed by atoms with Gasteiger partial charge in [0, 0.05) is 32.8 Å². The van der Waals surface area contributed by atoms with Crippen LogP contribution in [0.15, 0.2) is 158 Å². The van der Waals surface area contributed by atoms with Crippen LogP contribution in [0.25, 0.3) is 77.2 Å². The van der Waals surface area contributed by atoms with Crippen LogP contribution in [0.3, 0.4) is 0 Å². The molecule has 2 aromatic heterocycles. The van der Waals surface area contributed by atoms with Crippen molar-refractivity contribution in [2.24, 2.45) is 0 Å². The van der Waals surface area contributed by atoms with Gasteiger partial charge in [-0.1, -0.05) is 109 Å². The Labute approximate surface area is 277 Å². The Hall–Kier alpha value is -6.88. The summed E-state index contributed by atoms with van der Waals surface area (Å²) in [7, 11) is 0. The van der Waals surface area contributed by atoms with Crippen LogP contribution in [0, 0.1) is 22.7 Å². The minimum atomic E-state index is 0.558. The van der Waals surface area contributed by atoms with Crippen molar-refractivity contribution in [1.82, 2.24) is 9.13 Å². The Morgan fingerprint density at radius 2 is 0.979 bits per heavy atom. The van der Waals surface area contributed by atoms with E-state index in [1.54, 1.807) is 0 Å². The second-order valence-corrected chi connectivity index (χ2v) is 12.0. The molecule has 48 heavy (non-hydrogen) atoms. The highest BCUT2D eigenvalue weighted by molar-refractivity contribution is 6.12. The van der Waals surface area contributed by atoms with Crippen molar-refractivity contribution in [2.45, 2.75) is 0 Å². The van der Waals surface area contributed by atoms with Crippen LogP contribution in [0.5, 0.6) is 0 Å². The van der Waals surface area contributed by atoms with Crippen molar-refractivity contribution in [1.29, 1.82) is 10.5 Å². The molecule has 0 fully saturated rings. The van der Waals surface area contributed by atoms with E-state index in [1.165, 1.54) is 21.8 Å². The maximum absolute atomic E-state index is 10.2. The SMILES string of the molecule is N#Cc1ccc(-c2ccccc2-c2ccc(-n3c4ccccc4c4ccccc43)cc2)c(-n2c3ccccc3c3cccc(C#N)c32)c1. The summed E-state index contributed by atoms with van der Waals surface area (Å²) < 4.78 is 4.48. The molecule has 0 bridgehead atoms. The molecule has 9 aromatic rings. The zero-order chi connectivity index (χ0) is 32.2. The summed E-state index contributed by atoms with van der Waals surface area (Å²) in [6.45, 7) is 0. The predicted molar refractivity (Wildman–Crippen MR) is 195 cm³/mol. The summed E-state index contributed by atoms with van der Waals surface area (Å²) in [5.74, 6) is 0. The Morgan fingerprint density at radius 3 is 1.62 bits per heavy atom. The van der Waals surface area contributed by atoms with Gasteiger partial charge >= 0.3 is 0 Å². The monoisotopic (exact) mass is 610 g/mol. The normalized spacial score (nSPS) is 11.3. The third kappa shape index (κ3) is 4.07. The van der Waals surface area contributed by atoms with E-state index in [1.807, 2.05) is 42.5 Å². The second-order valence-electron chi connectivity index (χ2n) is 12.0. The Kier molecular flexibility index (Phi) is 6.22. The Morgan fingerprint density at radius 1 is 0.417 bits per heavy atom. The lowest BCUT2D eigenvalue weighted by Crippen LogP contribution is -2.00. The molecule has 0 unspecified atom stereocenters. The predicted octanol–water partition coefficient (Wildman–Crippen LogP) is 11.0. The first-order valence-corrected chi connectivity index (χ1v) is 15.9. The fourth-order valence-electron chi connectivity index (χ4n) is 7.33. The maximum atomic E-state index is 10.2. The van der Waals surface area contributed by atoms with Crippen LogP contribution < -0.4 is 0 Å². The average Bonchev–Trinajstić information content (AvgIpc) is 3.68. The summed E-state index contributed by atoms with van der Waals surface area (Å²) in [6.07, 6.45) is 0. The molecule has 0 aliphatic carbocycles. The molecule has 0 atom stereocenters. The molecule has 0 aliphatic heterocycles. The molecule has 222 valence electrons. The molecule has 7 aromatic carbocycles. The molecule has 4 nitrogen and oxygen atoms in total. The van der Waals surface area contributed by atoms with E-state index in [0.29, 0.717) is 11.1 Å². The topological polar surface area (TPSA) is 57.4 Å². The zero-order valence-electron chi connectivity index (χ0n) is 25.8. The molecular formula is C44H26N4. The molecule has 0 aliphatic rings. The van der Waals surface area contributed by atoms with E-state index in [9.17, 15) is 10.5 Å². The minimum Gasteiger partial charge on any atom is -0.309 e. The van der Waals surface area contributed by atoms with Gasteiger partial charge in [-0.3, -0.25) is 0 Å². The van der Waals surface area contributed by atoms with Crippen molar-refractivity contribution in [3.63, 3.8) is 0 Å². The number of hydrogen-bond acceptors (Lipinski definition) is 2. The number of aromatic nitrogens is 2. The van der Waals surface area contributed by atoms with Crippen LogP contribution in [-0.2, 0) is 0 Å². The van der Waals surface area contributed by atoms with E-state index in [4.69, 9.17) is 0 Å². The van der Waals surface area contributed by atoms with Gasteiger partial charge in [-0.2, -0.15) is 10.5 Å².